The molecular weight excluding hydrogens is 328 g/mol. The van der Waals surface area contributed by atoms with E-state index in [1.807, 2.05) is 0 Å². The maximum atomic E-state index is 5.40. The molecule has 3 rings (SSSR count). The van der Waals surface area contributed by atoms with Crippen molar-refractivity contribution in [2.45, 2.75) is 37.5 Å². The van der Waals surface area contributed by atoms with Crippen LogP contribution in [-0.2, 0) is 15.6 Å². The highest BCUT2D eigenvalue weighted by atomic mass is 16.5. The normalized spacial score (nSPS) is 13.9. The van der Waals surface area contributed by atoms with Crippen LogP contribution in [-0.4, -0.2) is 13.7 Å². The average Bonchev–Trinajstić information content (AvgIpc) is 2.75. The van der Waals surface area contributed by atoms with Crippen LogP contribution in [0.1, 0.15) is 43.4 Å². The Morgan fingerprint density at radius 1 is 0.630 bits per heavy atom. The van der Waals surface area contributed by atoms with Gasteiger partial charge in [0.1, 0.15) is 0 Å². The third kappa shape index (κ3) is 3.70. The van der Waals surface area contributed by atoms with Gasteiger partial charge in [0.05, 0.1) is 0 Å². The van der Waals surface area contributed by atoms with Crippen molar-refractivity contribution in [3.63, 3.8) is 0 Å². The number of ether oxygens (including phenoxy) is 1. The Kier molecular flexibility index (Phi) is 6.13. The molecule has 0 N–H and O–H groups in total. The predicted molar refractivity (Wildman–Crippen MR) is 114 cm³/mol. The van der Waals surface area contributed by atoms with Crippen molar-refractivity contribution in [2.24, 2.45) is 0 Å². The van der Waals surface area contributed by atoms with Crippen LogP contribution >= 0.6 is 0 Å². The van der Waals surface area contributed by atoms with Crippen molar-refractivity contribution in [3.8, 4) is 0 Å². The minimum atomic E-state index is -0.162. The summed E-state index contributed by atoms with van der Waals surface area (Å²) in [6.45, 7) is 5.59. The lowest BCUT2D eigenvalue weighted by atomic mass is 9.54. The smallest absolute Gasteiger partial charge is 0.0462 e. The fourth-order valence-electron chi connectivity index (χ4n) is 4.41. The highest BCUT2D eigenvalue weighted by molar-refractivity contribution is 5.47. The zero-order chi connectivity index (χ0) is 19.2. The summed E-state index contributed by atoms with van der Waals surface area (Å²) < 4.78 is 5.40. The molecule has 3 aromatic carbocycles. The van der Waals surface area contributed by atoms with Gasteiger partial charge in [-0.1, -0.05) is 105 Å². The second-order valence-corrected chi connectivity index (χ2v) is 7.65. The van der Waals surface area contributed by atoms with Gasteiger partial charge in [0.25, 0.3) is 0 Å². The maximum absolute atomic E-state index is 5.40. The van der Waals surface area contributed by atoms with E-state index in [0.717, 1.165) is 19.4 Å². The van der Waals surface area contributed by atoms with Gasteiger partial charge in [0, 0.05) is 24.5 Å². The SMILES string of the molecule is COCCC[C@](C)(c1ccccc1)C(C)(c1ccccc1)c1ccccc1. The summed E-state index contributed by atoms with van der Waals surface area (Å²) in [6.07, 6.45) is 2.07. The lowest BCUT2D eigenvalue weighted by Gasteiger charge is -2.48. The number of rotatable bonds is 8. The molecule has 1 heteroatoms. The largest absolute Gasteiger partial charge is 0.385 e. The molecule has 27 heavy (non-hydrogen) atoms. The molecule has 1 nitrogen and oxygen atoms in total. The molecular formula is C26H30O. The van der Waals surface area contributed by atoms with Crippen LogP contribution in [0.25, 0.3) is 0 Å². The minimum Gasteiger partial charge on any atom is -0.385 e. The quantitative estimate of drug-likeness (QED) is 0.425. The zero-order valence-electron chi connectivity index (χ0n) is 16.7. The highest BCUT2D eigenvalue weighted by Gasteiger charge is 2.47. The summed E-state index contributed by atoms with van der Waals surface area (Å²) in [6, 6.07) is 32.8. The first-order valence-electron chi connectivity index (χ1n) is 9.78. The van der Waals surface area contributed by atoms with Gasteiger partial charge in [-0.3, -0.25) is 0 Å². The summed E-state index contributed by atoms with van der Waals surface area (Å²) in [5.74, 6) is 0. The molecule has 0 aliphatic heterocycles. The first-order valence-corrected chi connectivity index (χ1v) is 9.78. The van der Waals surface area contributed by atoms with E-state index >= 15 is 0 Å². The van der Waals surface area contributed by atoms with Crippen molar-refractivity contribution < 1.29 is 4.74 Å². The molecule has 0 radical (unpaired) electrons. The first kappa shape index (κ1) is 19.4. The van der Waals surface area contributed by atoms with Crippen LogP contribution in [0.2, 0.25) is 0 Å². The maximum Gasteiger partial charge on any atom is 0.0462 e. The lowest BCUT2D eigenvalue weighted by Crippen LogP contribution is -2.46. The lowest BCUT2D eigenvalue weighted by molar-refractivity contribution is 0.172. The minimum absolute atomic E-state index is 0.0739. The second-order valence-electron chi connectivity index (χ2n) is 7.65. The summed E-state index contributed by atoms with van der Waals surface area (Å²) in [5.41, 5.74) is 3.83. The van der Waals surface area contributed by atoms with Crippen LogP contribution in [0.4, 0.5) is 0 Å². The molecule has 0 unspecified atom stereocenters. The Labute approximate surface area is 164 Å². The van der Waals surface area contributed by atoms with E-state index in [9.17, 15) is 0 Å². The molecule has 1 atom stereocenters. The Morgan fingerprint density at radius 3 is 1.44 bits per heavy atom. The molecule has 0 aliphatic rings. The third-order valence-corrected chi connectivity index (χ3v) is 6.24. The van der Waals surface area contributed by atoms with E-state index in [0.29, 0.717) is 0 Å². The Balaban J connectivity index is 2.22. The standard InChI is InChI=1S/C26H30O/c1-25(20-13-21-27-3,22-14-7-4-8-15-22)26(2,23-16-9-5-10-17-23)24-18-11-6-12-19-24/h4-12,14-19H,13,20-21H2,1-3H3/t25-/m1/s1. The van der Waals surface area contributed by atoms with E-state index in [-0.39, 0.29) is 10.8 Å². The number of hydrogen-bond acceptors (Lipinski definition) is 1. The predicted octanol–water partition coefficient (Wildman–Crippen LogP) is 6.38. The van der Waals surface area contributed by atoms with E-state index in [1.54, 1.807) is 7.11 Å². The third-order valence-electron chi connectivity index (χ3n) is 6.24. The van der Waals surface area contributed by atoms with Crippen molar-refractivity contribution in [1.82, 2.24) is 0 Å². The molecule has 0 spiro atoms. The molecule has 3 aromatic rings. The first-order chi connectivity index (χ1) is 13.1. The summed E-state index contributed by atoms with van der Waals surface area (Å²) in [7, 11) is 1.79. The Hall–Kier alpha value is -2.38. The molecule has 0 saturated carbocycles. The highest BCUT2D eigenvalue weighted by Crippen LogP contribution is 2.51. The van der Waals surface area contributed by atoms with Gasteiger partial charge in [0.15, 0.2) is 0 Å². The molecule has 0 aromatic heterocycles. The van der Waals surface area contributed by atoms with E-state index < -0.39 is 0 Å². The van der Waals surface area contributed by atoms with Gasteiger partial charge in [-0.05, 0) is 29.5 Å². The van der Waals surface area contributed by atoms with Crippen LogP contribution in [0.15, 0.2) is 91.0 Å². The van der Waals surface area contributed by atoms with E-state index in [1.165, 1.54) is 16.7 Å². The van der Waals surface area contributed by atoms with Gasteiger partial charge < -0.3 is 4.74 Å². The number of methoxy groups -OCH3 is 1. The van der Waals surface area contributed by atoms with Gasteiger partial charge in [-0.15, -0.1) is 0 Å². The van der Waals surface area contributed by atoms with Gasteiger partial charge in [-0.25, -0.2) is 0 Å². The fourth-order valence-corrected chi connectivity index (χ4v) is 4.41. The van der Waals surface area contributed by atoms with E-state index in [2.05, 4.69) is 105 Å². The molecule has 0 saturated heterocycles. The molecule has 0 fully saturated rings. The monoisotopic (exact) mass is 358 g/mol. The van der Waals surface area contributed by atoms with Gasteiger partial charge in [0.2, 0.25) is 0 Å². The zero-order valence-corrected chi connectivity index (χ0v) is 16.7. The summed E-state index contributed by atoms with van der Waals surface area (Å²) >= 11 is 0. The topological polar surface area (TPSA) is 9.23 Å². The Morgan fingerprint density at radius 2 is 1.04 bits per heavy atom. The van der Waals surface area contributed by atoms with E-state index in [4.69, 9.17) is 4.74 Å². The van der Waals surface area contributed by atoms with Crippen molar-refractivity contribution in [1.29, 1.82) is 0 Å². The van der Waals surface area contributed by atoms with Crippen molar-refractivity contribution in [2.75, 3.05) is 13.7 Å². The average molecular weight is 359 g/mol. The van der Waals surface area contributed by atoms with Crippen molar-refractivity contribution >= 4 is 0 Å². The molecule has 0 bridgehead atoms. The molecule has 0 aliphatic carbocycles. The van der Waals surface area contributed by atoms with Crippen LogP contribution in [0.3, 0.4) is 0 Å². The fraction of sp³-hybridized carbons (Fsp3) is 0.308. The van der Waals surface area contributed by atoms with Crippen LogP contribution in [0, 0.1) is 0 Å². The van der Waals surface area contributed by atoms with Gasteiger partial charge >= 0.3 is 0 Å². The molecule has 0 heterocycles. The van der Waals surface area contributed by atoms with Crippen LogP contribution in [0.5, 0.6) is 0 Å². The Bertz CT molecular complexity index is 771. The van der Waals surface area contributed by atoms with Crippen LogP contribution < -0.4 is 0 Å². The molecule has 0 amide bonds. The van der Waals surface area contributed by atoms with Gasteiger partial charge in [-0.2, -0.15) is 0 Å². The summed E-state index contributed by atoms with van der Waals surface area (Å²) in [4.78, 5) is 0. The molecule has 140 valence electrons. The summed E-state index contributed by atoms with van der Waals surface area (Å²) in [5, 5.41) is 0. The number of hydrogen-bond donors (Lipinski definition) is 0. The number of benzene rings is 3. The van der Waals surface area contributed by atoms with Crippen molar-refractivity contribution in [3.05, 3.63) is 108 Å². The second kappa shape index (κ2) is 8.54.